The molecule has 0 bridgehead atoms. The van der Waals surface area contributed by atoms with Gasteiger partial charge in [0.05, 0.1) is 24.5 Å². The van der Waals surface area contributed by atoms with E-state index in [0.29, 0.717) is 12.5 Å². The number of nitrogens with one attached hydrogen (secondary N) is 1. The minimum Gasteiger partial charge on any atom is -0.350 e. The van der Waals surface area contributed by atoms with Crippen LogP contribution in [0.2, 0.25) is 0 Å². The van der Waals surface area contributed by atoms with Crippen molar-refractivity contribution in [2.75, 3.05) is 6.54 Å². The number of amides is 1. The molecule has 0 atom stereocenters. The van der Waals surface area contributed by atoms with Gasteiger partial charge in [0, 0.05) is 25.6 Å². The van der Waals surface area contributed by atoms with E-state index in [4.69, 9.17) is 0 Å². The fraction of sp³-hybridized carbons (Fsp3) is 0.545. The van der Waals surface area contributed by atoms with Crippen LogP contribution in [0.5, 0.6) is 0 Å². The van der Waals surface area contributed by atoms with E-state index in [9.17, 15) is 4.79 Å². The van der Waals surface area contributed by atoms with Gasteiger partial charge in [0.15, 0.2) is 0 Å². The third-order valence-electron chi connectivity index (χ3n) is 5.90. The van der Waals surface area contributed by atoms with E-state index >= 15 is 0 Å². The van der Waals surface area contributed by atoms with Gasteiger partial charge in [0.1, 0.15) is 0 Å². The molecule has 5 heteroatoms. The van der Waals surface area contributed by atoms with Gasteiger partial charge in [-0.1, -0.05) is 44.5 Å². The van der Waals surface area contributed by atoms with E-state index < -0.39 is 0 Å². The number of carbonyl (C=O) groups is 1. The van der Waals surface area contributed by atoms with Gasteiger partial charge in [0.25, 0.3) is 0 Å². The first-order chi connectivity index (χ1) is 13.1. The smallest absolute Gasteiger partial charge is 0.223 e. The lowest BCUT2D eigenvalue weighted by Crippen LogP contribution is -2.34. The van der Waals surface area contributed by atoms with Crippen molar-refractivity contribution >= 4 is 5.91 Å². The highest BCUT2D eigenvalue weighted by Gasteiger charge is 2.25. The molecular formula is C22H30N4O. The lowest BCUT2D eigenvalue weighted by atomic mass is 9.85. The van der Waals surface area contributed by atoms with Crippen molar-refractivity contribution in [2.45, 2.75) is 65.2 Å². The zero-order valence-corrected chi connectivity index (χ0v) is 16.4. The van der Waals surface area contributed by atoms with Crippen LogP contribution in [-0.2, 0) is 31.0 Å². The molecule has 1 aromatic heterocycles. The Hall–Kier alpha value is -2.14. The van der Waals surface area contributed by atoms with Crippen molar-refractivity contribution in [1.82, 2.24) is 20.0 Å². The Labute approximate surface area is 161 Å². The minimum atomic E-state index is 0.193. The lowest BCUT2D eigenvalue weighted by molar-refractivity contribution is -0.127. The van der Waals surface area contributed by atoms with Crippen LogP contribution in [0.3, 0.4) is 0 Å². The number of nitrogens with zero attached hydrogens (tertiary/aromatic N) is 3. The number of rotatable bonds is 6. The van der Waals surface area contributed by atoms with Crippen molar-refractivity contribution in [1.29, 1.82) is 0 Å². The Morgan fingerprint density at radius 2 is 2.00 bits per heavy atom. The van der Waals surface area contributed by atoms with Crippen molar-refractivity contribution in [3.05, 3.63) is 52.8 Å². The second kappa shape index (κ2) is 7.85. The van der Waals surface area contributed by atoms with E-state index in [1.807, 2.05) is 0 Å². The molecular weight excluding hydrogens is 336 g/mol. The molecule has 1 aromatic carbocycles. The number of aromatic nitrogens is 2. The normalized spacial score (nSPS) is 17.6. The highest BCUT2D eigenvalue weighted by molar-refractivity contribution is 5.79. The molecule has 27 heavy (non-hydrogen) atoms. The maximum absolute atomic E-state index is 12.0. The van der Waals surface area contributed by atoms with Crippen molar-refractivity contribution in [2.24, 2.45) is 5.92 Å². The SMILES string of the molecule is CC(C)c1ccc(CN2CCn3nc(CNC(=O)C4CCC4)cc3C2)cc1. The summed E-state index contributed by atoms with van der Waals surface area (Å²) < 4.78 is 2.10. The van der Waals surface area contributed by atoms with Crippen LogP contribution in [0.4, 0.5) is 0 Å². The number of benzene rings is 1. The summed E-state index contributed by atoms with van der Waals surface area (Å²) in [5.41, 5.74) is 4.97. The second-order valence-electron chi connectivity index (χ2n) is 8.30. The third kappa shape index (κ3) is 4.24. The summed E-state index contributed by atoms with van der Waals surface area (Å²) in [7, 11) is 0. The number of hydrogen-bond acceptors (Lipinski definition) is 3. The van der Waals surface area contributed by atoms with Crippen LogP contribution >= 0.6 is 0 Å². The molecule has 0 spiro atoms. The second-order valence-corrected chi connectivity index (χ2v) is 8.30. The number of hydrogen-bond donors (Lipinski definition) is 1. The van der Waals surface area contributed by atoms with Gasteiger partial charge >= 0.3 is 0 Å². The standard InChI is InChI=1S/C22H30N4O/c1-16(2)18-8-6-17(7-9-18)14-25-10-11-26-21(15-25)12-20(24-26)13-23-22(27)19-4-3-5-19/h6-9,12,16,19H,3-5,10-11,13-15H2,1-2H3,(H,23,27). The Bertz CT molecular complexity index is 789. The topological polar surface area (TPSA) is 50.2 Å². The zero-order chi connectivity index (χ0) is 18.8. The summed E-state index contributed by atoms with van der Waals surface area (Å²) in [6.45, 7) is 8.81. The fourth-order valence-electron chi connectivity index (χ4n) is 3.86. The molecule has 0 radical (unpaired) electrons. The predicted molar refractivity (Wildman–Crippen MR) is 106 cm³/mol. The first-order valence-electron chi connectivity index (χ1n) is 10.2. The van der Waals surface area contributed by atoms with Gasteiger partial charge in [-0.3, -0.25) is 14.4 Å². The summed E-state index contributed by atoms with van der Waals surface area (Å²) in [4.78, 5) is 14.5. The molecule has 0 saturated heterocycles. The first kappa shape index (κ1) is 18.2. The van der Waals surface area contributed by atoms with Crippen LogP contribution in [0, 0.1) is 5.92 Å². The summed E-state index contributed by atoms with van der Waals surface area (Å²) in [5.74, 6) is 1.00. The molecule has 1 saturated carbocycles. The molecule has 5 nitrogen and oxygen atoms in total. The van der Waals surface area contributed by atoms with Gasteiger partial charge in [0.2, 0.25) is 5.91 Å². The van der Waals surface area contributed by atoms with Gasteiger partial charge in [-0.2, -0.15) is 5.10 Å². The lowest BCUT2D eigenvalue weighted by Gasteiger charge is -2.27. The van der Waals surface area contributed by atoms with E-state index in [1.54, 1.807) is 0 Å². The summed E-state index contributed by atoms with van der Waals surface area (Å²) in [5, 5.41) is 7.72. The van der Waals surface area contributed by atoms with Gasteiger partial charge in [-0.15, -0.1) is 0 Å². The molecule has 2 aliphatic rings. The van der Waals surface area contributed by atoms with E-state index in [2.05, 4.69) is 64.2 Å². The Balaban J connectivity index is 1.32. The first-order valence-corrected chi connectivity index (χ1v) is 10.2. The van der Waals surface area contributed by atoms with Crippen molar-refractivity contribution in [3.63, 3.8) is 0 Å². The highest BCUT2D eigenvalue weighted by Crippen LogP contribution is 2.26. The molecule has 0 unspecified atom stereocenters. The van der Waals surface area contributed by atoms with Crippen LogP contribution in [0.1, 0.15) is 61.5 Å². The Kier molecular flexibility index (Phi) is 5.30. The quantitative estimate of drug-likeness (QED) is 0.852. The predicted octanol–water partition coefficient (Wildman–Crippen LogP) is 3.44. The molecule has 1 fully saturated rings. The van der Waals surface area contributed by atoms with Crippen LogP contribution < -0.4 is 5.32 Å². The monoisotopic (exact) mass is 366 g/mol. The third-order valence-corrected chi connectivity index (χ3v) is 5.90. The van der Waals surface area contributed by atoms with Crippen LogP contribution in [0.25, 0.3) is 0 Å². The number of carbonyl (C=O) groups excluding carboxylic acids is 1. The van der Waals surface area contributed by atoms with Gasteiger partial charge < -0.3 is 5.32 Å². The molecule has 1 aliphatic carbocycles. The molecule has 2 heterocycles. The van der Waals surface area contributed by atoms with Crippen molar-refractivity contribution < 1.29 is 4.79 Å². The highest BCUT2D eigenvalue weighted by atomic mass is 16.1. The molecule has 2 aromatic rings. The maximum atomic E-state index is 12.0. The molecule has 4 rings (SSSR count). The molecule has 1 amide bonds. The average molecular weight is 367 g/mol. The van der Waals surface area contributed by atoms with Crippen molar-refractivity contribution in [3.8, 4) is 0 Å². The minimum absolute atomic E-state index is 0.193. The van der Waals surface area contributed by atoms with E-state index in [1.165, 1.54) is 23.2 Å². The van der Waals surface area contributed by atoms with Crippen LogP contribution in [0.15, 0.2) is 30.3 Å². The van der Waals surface area contributed by atoms with E-state index in [-0.39, 0.29) is 11.8 Å². The average Bonchev–Trinajstić information content (AvgIpc) is 3.01. The van der Waals surface area contributed by atoms with Gasteiger partial charge in [-0.05, 0) is 36.0 Å². The Morgan fingerprint density at radius 1 is 1.22 bits per heavy atom. The fourth-order valence-corrected chi connectivity index (χ4v) is 3.86. The molecule has 1 aliphatic heterocycles. The van der Waals surface area contributed by atoms with E-state index in [0.717, 1.165) is 44.7 Å². The summed E-state index contributed by atoms with van der Waals surface area (Å²) in [6, 6.07) is 11.1. The maximum Gasteiger partial charge on any atom is 0.223 e. The largest absolute Gasteiger partial charge is 0.350 e. The summed E-state index contributed by atoms with van der Waals surface area (Å²) in [6.07, 6.45) is 3.27. The number of fused-ring (bicyclic) bond motifs is 1. The van der Waals surface area contributed by atoms with Gasteiger partial charge in [-0.25, -0.2) is 0 Å². The molecule has 144 valence electrons. The van der Waals surface area contributed by atoms with Crippen LogP contribution in [-0.4, -0.2) is 27.1 Å². The summed E-state index contributed by atoms with van der Waals surface area (Å²) >= 11 is 0. The molecule has 1 N–H and O–H groups in total. The zero-order valence-electron chi connectivity index (χ0n) is 16.4. The Morgan fingerprint density at radius 3 is 2.67 bits per heavy atom.